The van der Waals surface area contributed by atoms with Crippen molar-refractivity contribution < 1.29 is 14.7 Å². The maximum absolute atomic E-state index is 9.45. The second kappa shape index (κ2) is 4.97. The van der Waals surface area contributed by atoms with Crippen LogP contribution >= 0.6 is 15.9 Å². The molecular formula is C14H9BrN2O3. The van der Waals surface area contributed by atoms with E-state index in [-0.39, 0.29) is 17.4 Å². The van der Waals surface area contributed by atoms with Gasteiger partial charge in [0.2, 0.25) is 5.82 Å². The molecule has 0 unspecified atom stereocenters. The van der Waals surface area contributed by atoms with E-state index in [1.165, 1.54) is 18.2 Å². The minimum atomic E-state index is -0.0663. The van der Waals surface area contributed by atoms with Gasteiger partial charge in [-0.1, -0.05) is 21.1 Å². The fourth-order valence-corrected chi connectivity index (χ4v) is 2.04. The number of benzene rings is 2. The van der Waals surface area contributed by atoms with Gasteiger partial charge in [0.15, 0.2) is 0 Å². The fraction of sp³-hybridized carbons (Fsp3) is 0. The summed E-state index contributed by atoms with van der Waals surface area (Å²) in [7, 11) is 0. The lowest BCUT2D eigenvalue weighted by Crippen LogP contribution is -1.81. The smallest absolute Gasteiger partial charge is 0.258 e. The molecule has 0 fully saturated rings. The first-order chi connectivity index (χ1) is 9.61. The molecule has 0 atom stereocenters. The van der Waals surface area contributed by atoms with E-state index in [4.69, 9.17) is 4.52 Å². The third-order valence-corrected chi connectivity index (χ3v) is 3.21. The van der Waals surface area contributed by atoms with Gasteiger partial charge in [0.05, 0.1) is 0 Å². The van der Waals surface area contributed by atoms with E-state index in [1.54, 1.807) is 0 Å². The number of aromatic nitrogens is 2. The van der Waals surface area contributed by atoms with Gasteiger partial charge in [0.25, 0.3) is 5.89 Å². The van der Waals surface area contributed by atoms with Crippen LogP contribution < -0.4 is 0 Å². The van der Waals surface area contributed by atoms with Crippen molar-refractivity contribution in [2.45, 2.75) is 0 Å². The second-order valence-corrected chi connectivity index (χ2v) is 5.08. The molecule has 5 nitrogen and oxygen atoms in total. The van der Waals surface area contributed by atoms with E-state index >= 15 is 0 Å². The van der Waals surface area contributed by atoms with E-state index < -0.39 is 0 Å². The maximum atomic E-state index is 9.45. The summed E-state index contributed by atoms with van der Waals surface area (Å²) in [6, 6.07) is 11.6. The average Bonchev–Trinajstić information content (AvgIpc) is 2.88. The number of phenols is 2. The summed E-state index contributed by atoms with van der Waals surface area (Å²) in [6.45, 7) is 0. The quantitative estimate of drug-likeness (QED) is 0.749. The van der Waals surface area contributed by atoms with Gasteiger partial charge in [-0.15, -0.1) is 0 Å². The maximum Gasteiger partial charge on any atom is 0.258 e. The van der Waals surface area contributed by atoms with E-state index in [0.717, 1.165) is 10.0 Å². The third kappa shape index (κ3) is 2.50. The van der Waals surface area contributed by atoms with Gasteiger partial charge in [-0.05, 0) is 36.4 Å². The molecule has 0 amide bonds. The number of halogens is 1. The predicted molar refractivity (Wildman–Crippen MR) is 76.2 cm³/mol. The lowest BCUT2D eigenvalue weighted by atomic mass is 10.2. The van der Waals surface area contributed by atoms with E-state index in [1.807, 2.05) is 24.3 Å². The van der Waals surface area contributed by atoms with Crippen molar-refractivity contribution in [3.63, 3.8) is 0 Å². The van der Waals surface area contributed by atoms with Crippen molar-refractivity contribution >= 4 is 15.9 Å². The Morgan fingerprint density at radius 1 is 0.900 bits per heavy atom. The highest BCUT2D eigenvalue weighted by molar-refractivity contribution is 9.10. The number of hydrogen-bond donors (Lipinski definition) is 2. The number of aromatic hydroxyl groups is 2. The molecule has 0 aliphatic heterocycles. The van der Waals surface area contributed by atoms with Gasteiger partial charge in [0, 0.05) is 21.7 Å². The Bertz CT molecular complexity index is 733. The van der Waals surface area contributed by atoms with Crippen molar-refractivity contribution in [3.8, 4) is 34.3 Å². The molecule has 0 saturated carbocycles. The summed E-state index contributed by atoms with van der Waals surface area (Å²) < 4.78 is 6.11. The van der Waals surface area contributed by atoms with Crippen molar-refractivity contribution in [1.82, 2.24) is 10.1 Å². The van der Waals surface area contributed by atoms with Gasteiger partial charge in [-0.25, -0.2) is 0 Å². The highest BCUT2D eigenvalue weighted by Gasteiger charge is 2.12. The molecule has 2 N–H and O–H groups in total. The average molecular weight is 333 g/mol. The molecule has 6 heteroatoms. The molecule has 0 aliphatic carbocycles. The summed E-state index contributed by atoms with van der Waals surface area (Å²) in [4.78, 5) is 4.25. The van der Waals surface area contributed by atoms with Gasteiger partial charge in [-0.3, -0.25) is 0 Å². The summed E-state index contributed by atoms with van der Waals surface area (Å²) in [5.74, 6) is 0.538. The third-order valence-electron chi connectivity index (χ3n) is 2.68. The second-order valence-electron chi connectivity index (χ2n) is 4.17. The summed E-state index contributed by atoms with van der Waals surface area (Å²) >= 11 is 3.36. The first kappa shape index (κ1) is 12.7. The zero-order valence-corrected chi connectivity index (χ0v) is 11.7. The van der Waals surface area contributed by atoms with Crippen molar-refractivity contribution in [2.75, 3.05) is 0 Å². The van der Waals surface area contributed by atoms with Crippen LogP contribution in [0.15, 0.2) is 51.5 Å². The van der Waals surface area contributed by atoms with E-state index in [9.17, 15) is 10.2 Å². The van der Waals surface area contributed by atoms with Gasteiger partial charge in [0.1, 0.15) is 11.5 Å². The normalized spacial score (nSPS) is 10.7. The van der Waals surface area contributed by atoms with Crippen LogP contribution in [0, 0.1) is 0 Å². The molecule has 0 spiro atoms. The molecule has 0 bridgehead atoms. The zero-order valence-electron chi connectivity index (χ0n) is 10.1. The number of rotatable bonds is 2. The minimum Gasteiger partial charge on any atom is -0.508 e. The SMILES string of the molecule is Oc1cc(O)cc(-c2nc(-c3ccc(Br)cc3)no2)c1. The molecule has 20 heavy (non-hydrogen) atoms. The highest BCUT2D eigenvalue weighted by atomic mass is 79.9. The molecule has 100 valence electrons. The number of hydrogen-bond acceptors (Lipinski definition) is 5. The van der Waals surface area contributed by atoms with E-state index in [0.29, 0.717) is 11.4 Å². The molecule has 1 heterocycles. The van der Waals surface area contributed by atoms with Crippen LogP contribution in [0.3, 0.4) is 0 Å². The Morgan fingerprint density at radius 2 is 1.55 bits per heavy atom. The largest absolute Gasteiger partial charge is 0.508 e. The molecule has 0 radical (unpaired) electrons. The van der Waals surface area contributed by atoms with Gasteiger partial charge < -0.3 is 14.7 Å². The van der Waals surface area contributed by atoms with Gasteiger partial charge in [-0.2, -0.15) is 4.98 Å². The molecule has 1 aromatic heterocycles. The lowest BCUT2D eigenvalue weighted by Gasteiger charge is -1.97. The minimum absolute atomic E-state index is 0.0663. The molecular weight excluding hydrogens is 324 g/mol. The Balaban J connectivity index is 1.99. The summed E-state index contributed by atoms with van der Waals surface area (Å²) in [5.41, 5.74) is 1.27. The molecule has 0 aliphatic rings. The zero-order chi connectivity index (χ0) is 14.1. The monoisotopic (exact) mass is 332 g/mol. The Kier molecular flexibility index (Phi) is 3.15. The molecule has 3 aromatic rings. The fourth-order valence-electron chi connectivity index (χ4n) is 1.78. The van der Waals surface area contributed by atoms with Crippen LogP contribution in [-0.2, 0) is 0 Å². The Morgan fingerprint density at radius 3 is 2.20 bits per heavy atom. The van der Waals surface area contributed by atoms with Crippen LogP contribution in [0.1, 0.15) is 0 Å². The Hall–Kier alpha value is -2.34. The van der Waals surface area contributed by atoms with Crippen LogP contribution in [0.25, 0.3) is 22.8 Å². The highest BCUT2D eigenvalue weighted by Crippen LogP contribution is 2.29. The van der Waals surface area contributed by atoms with Crippen LogP contribution in [0.5, 0.6) is 11.5 Å². The molecule has 0 saturated heterocycles. The number of phenolic OH excluding ortho intramolecular Hbond substituents is 2. The van der Waals surface area contributed by atoms with Crippen LogP contribution in [0.4, 0.5) is 0 Å². The first-order valence-electron chi connectivity index (χ1n) is 5.75. The van der Waals surface area contributed by atoms with Crippen LogP contribution in [0.2, 0.25) is 0 Å². The van der Waals surface area contributed by atoms with Crippen molar-refractivity contribution in [1.29, 1.82) is 0 Å². The number of nitrogens with zero attached hydrogens (tertiary/aromatic N) is 2. The lowest BCUT2D eigenvalue weighted by molar-refractivity contribution is 0.428. The standard InChI is InChI=1S/C14H9BrN2O3/c15-10-3-1-8(2-4-10)13-16-14(20-17-13)9-5-11(18)7-12(19)6-9/h1-7,18-19H. The predicted octanol–water partition coefficient (Wildman–Crippen LogP) is 3.58. The molecule has 2 aromatic carbocycles. The van der Waals surface area contributed by atoms with E-state index in [2.05, 4.69) is 26.1 Å². The van der Waals surface area contributed by atoms with Crippen molar-refractivity contribution in [3.05, 3.63) is 46.9 Å². The van der Waals surface area contributed by atoms with Crippen molar-refractivity contribution in [2.24, 2.45) is 0 Å². The van der Waals surface area contributed by atoms with Gasteiger partial charge >= 0.3 is 0 Å². The summed E-state index contributed by atoms with van der Waals surface area (Å²) in [5, 5.41) is 22.8. The summed E-state index contributed by atoms with van der Waals surface area (Å²) in [6.07, 6.45) is 0. The topological polar surface area (TPSA) is 79.4 Å². The Labute approximate surface area is 122 Å². The first-order valence-corrected chi connectivity index (χ1v) is 6.54. The van der Waals surface area contributed by atoms with Crippen LogP contribution in [-0.4, -0.2) is 20.4 Å². The molecule has 3 rings (SSSR count).